The average Bonchev–Trinajstić information content (AvgIpc) is 2.36. The molecule has 0 heterocycles. The number of carbonyl (C=O) groups is 1. The second kappa shape index (κ2) is 6.28. The summed E-state index contributed by atoms with van der Waals surface area (Å²) >= 11 is 0. The number of rotatable bonds is 5. The topological polar surface area (TPSA) is 69.6 Å². The van der Waals surface area contributed by atoms with Gasteiger partial charge in [0.2, 0.25) is 5.91 Å². The van der Waals surface area contributed by atoms with Crippen LogP contribution in [0.5, 0.6) is 0 Å². The van der Waals surface area contributed by atoms with E-state index in [1.807, 2.05) is 0 Å². The summed E-state index contributed by atoms with van der Waals surface area (Å²) in [6.07, 6.45) is 2.67. The van der Waals surface area contributed by atoms with Crippen LogP contribution in [0.3, 0.4) is 0 Å². The molecule has 0 atom stereocenters. The minimum Gasteiger partial charge on any atom is -0.394 e. The molecule has 1 amide bonds. The number of benzene rings is 1. The van der Waals surface area contributed by atoms with Gasteiger partial charge in [-0.3, -0.25) is 4.79 Å². The molecule has 4 nitrogen and oxygen atoms in total. The number of hydrogen-bond donors (Lipinski definition) is 3. The van der Waals surface area contributed by atoms with Crippen molar-refractivity contribution < 1.29 is 19.4 Å². The number of aliphatic hydroxyl groups is 2. The fourth-order valence-electron chi connectivity index (χ4n) is 1.25. The zero-order valence-electron chi connectivity index (χ0n) is 10.1. The highest BCUT2D eigenvalue weighted by molar-refractivity contribution is 5.92. The molecule has 0 aromatic heterocycles. The van der Waals surface area contributed by atoms with E-state index in [2.05, 4.69) is 5.32 Å². The molecule has 0 fully saturated rings. The van der Waals surface area contributed by atoms with Crippen molar-refractivity contribution in [2.45, 2.75) is 12.5 Å². The zero-order chi connectivity index (χ0) is 13.6. The molecule has 0 aliphatic carbocycles. The molecule has 0 spiro atoms. The summed E-state index contributed by atoms with van der Waals surface area (Å²) in [6, 6.07) is 5.80. The Kier molecular flexibility index (Phi) is 5.00. The summed E-state index contributed by atoms with van der Waals surface area (Å²) in [5.74, 6) is -0.849. The fraction of sp³-hybridized carbons (Fsp3) is 0.308. The molecule has 0 bridgehead atoms. The molecular weight excluding hydrogens is 237 g/mol. The van der Waals surface area contributed by atoms with Crippen LogP contribution >= 0.6 is 0 Å². The van der Waals surface area contributed by atoms with Gasteiger partial charge in [-0.2, -0.15) is 0 Å². The molecule has 0 aliphatic heterocycles. The molecular formula is C13H16FNO3. The van der Waals surface area contributed by atoms with Gasteiger partial charge in [0.05, 0.1) is 18.8 Å². The summed E-state index contributed by atoms with van der Waals surface area (Å²) in [4.78, 5) is 11.5. The van der Waals surface area contributed by atoms with E-state index in [-0.39, 0.29) is 19.0 Å². The lowest BCUT2D eigenvalue weighted by Gasteiger charge is -2.25. The zero-order valence-corrected chi connectivity index (χ0v) is 10.1. The Morgan fingerprint density at radius 2 is 2.11 bits per heavy atom. The van der Waals surface area contributed by atoms with Crippen molar-refractivity contribution in [2.75, 3.05) is 13.2 Å². The Hall–Kier alpha value is -1.72. The van der Waals surface area contributed by atoms with E-state index in [0.29, 0.717) is 5.56 Å². The lowest BCUT2D eigenvalue weighted by atomic mass is 10.1. The number of hydrogen-bond acceptors (Lipinski definition) is 3. The second-order valence-electron chi connectivity index (χ2n) is 4.25. The quantitative estimate of drug-likeness (QED) is 0.676. The first-order valence-corrected chi connectivity index (χ1v) is 5.46. The van der Waals surface area contributed by atoms with E-state index in [0.717, 1.165) is 0 Å². The lowest BCUT2D eigenvalue weighted by molar-refractivity contribution is -0.119. The van der Waals surface area contributed by atoms with Crippen LogP contribution in [0.1, 0.15) is 12.5 Å². The molecule has 1 aromatic carbocycles. The highest BCUT2D eigenvalue weighted by Crippen LogP contribution is 2.06. The van der Waals surface area contributed by atoms with Crippen LogP contribution in [0.25, 0.3) is 6.08 Å². The van der Waals surface area contributed by atoms with Crippen molar-refractivity contribution in [2.24, 2.45) is 0 Å². The standard InChI is InChI=1S/C13H16FNO3/c1-13(8-16,9-17)15-12(18)6-5-10-3-2-4-11(14)7-10/h2-7,16-17H,8-9H2,1H3,(H,15,18)/b6-5+. The number of nitrogens with one attached hydrogen (secondary N) is 1. The summed E-state index contributed by atoms with van der Waals surface area (Å²) in [5, 5.41) is 20.5. The largest absolute Gasteiger partial charge is 0.394 e. The van der Waals surface area contributed by atoms with Gasteiger partial charge in [-0.25, -0.2) is 4.39 Å². The maximum atomic E-state index is 12.9. The Morgan fingerprint density at radius 3 is 2.67 bits per heavy atom. The van der Waals surface area contributed by atoms with Gasteiger partial charge in [-0.05, 0) is 30.7 Å². The maximum absolute atomic E-state index is 12.9. The molecule has 0 radical (unpaired) electrons. The average molecular weight is 253 g/mol. The summed E-state index contributed by atoms with van der Waals surface area (Å²) in [6.45, 7) is 0.771. The van der Waals surface area contributed by atoms with Gasteiger partial charge >= 0.3 is 0 Å². The van der Waals surface area contributed by atoms with E-state index in [1.54, 1.807) is 12.1 Å². The van der Waals surface area contributed by atoms with Crippen LogP contribution in [0.4, 0.5) is 4.39 Å². The van der Waals surface area contributed by atoms with Crippen LogP contribution in [0.15, 0.2) is 30.3 Å². The van der Waals surface area contributed by atoms with Gasteiger partial charge in [0.1, 0.15) is 5.82 Å². The highest BCUT2D eigenvalue weighted by atomic mass is 19.1. The minimum absolute atomic E-state index is 0.372. The molecule has 5 heteroatoms. The SMILES string of the molecule is CC(CO)(CO)NC(=O)/C=C/c1cccc(F)c1. The monoisotopic (exact) mass is 253 g/mol. The smallest absolute Gasteiger partial charge is 0.244 e. The molecule has 98 valence electrons. The molecule has 0 saturated carbocycles. The Balaban J connectivity index is 2.65. The van der Waals surface area contributed by atoms with Crippen LogP contribution in [0, 0.1) is 5.82 Å². The van der Waals surface area contributed by atoms with Gasteiger partial charge in [-0.1, -0.05) is 12.1 Å². The molecule has 0 saturated heterocycles. The van der Waals surface area contributed by atoms with Crippen molar-refractivity contribution in [1.82, 2.24) is 5.32 Å². The minimum atomic E-state index is -1.07. The predicted octanol–water partition coefficient (Wildman–Crippen LogP) is 0.698. The first kappa shape index (κ1) is 14.3. The number of amides is 1. The van der Waals surface area contributed by atoms with Gasteiger partial charge in [0, 0.05) is 6.08 Å². The van der Waals surface area contributed by atoms with E-state index in [4.69, 9.17) is 10.2 Å². The Morgan fingerprint density at radius 1 is 1.44 bits per heavy atom. The molecule has 18 heavy (non-hydrogen) atoms. The predicted molar refractivity (Wildman–Crippen MR) is 66.2 cm³/mol. The van der Waals surface area contributed by atoms with Crippen molar-refractivity contribution in [3.8, 4) is 0 Å². The van der Waals surface area contributed by atoms with Crippen molar-refractivity contribution in [3.63, 3.8) is 0 Å². The van der Waals surface area contributed by atoms with Crippen molar-refractivity contribution >= 4 is 12.0 Å². The number of aliphatic hydroxyl groups excluding tert-OH is 2. The van der Waals surface area contributed by atoms with Crippen LogP contribution < -0.4 is 5.32 Å². The third kappa shape index (κ3) is 4.27. The molecule has 0 unspecified atom stereocenters. The van der Waals surface area contributed by atoms with Gasteiger partial charge in [-0.15, -0.1) is 0 Å². The lowest BCUT2D eigenvalue weighted by Crippen LogP contribution is -2.51. The van der Waals surface area contributed by atoms with Crippen molar-refractivity contribution in [1.29, 1.82) is 0 Å². The summed E-state index contributed by atoms with van der Waals surface area (Å²) in [7, 11) is 0. The van der Waals surface area contributed by atoms with E-state index >= 15 is 0 Å². The molecule has 1 rings (SSSR count). The summed E-state index contributed by atoms with van der Waals surface area (Å²) < 4.78 is 12.9. The van der Waals surface area contributed by atoms with Crippen molar-refractivity contribution in [3.05, 3.63) is 41.7 Å². The maximum Gasteiger partial charge on any atom is 0.244 e. The van der Waals surface area contributed by atoms with E-state index < -0.39 is 11.4 Å². The first-order chi connectivity index (χ1) is 8.49. The Labute approximate surface area is 105 Å². The fourth-order valence-corrected chi connectivity index (χ4v) is 1.25. The second-order valence-corrected chi connectivity index (χ2v) is 4.25. The number of carbonyl (C=O) groups excluding carboxylic acids is 1. The molecule has 3 N–H and O–H groups in total. The first-order valence-electron chi connectivity index (χ1n) is 5.46. The Bertz CT molecular complexity index is 442. The number of halogens is 1. The summed E-state index contributed by atoms with van der Waals surface area (Å²) in [5.41, 5.74) is -0.511. The van der Waals surface area contributed by atoms with Crippen LogP contribution in [-0.4, -0.2) is 34.9 Å². The third-order valence-corrected chi connectivity index (χ3v) is 2.40. The third-order valence-electron chi connectivity index (χ3n) is 2.40. The molecule has 1 aromatic rings. The van der Waals surface area contributed by atoms with Crippen LogP contribution in [0.2, 0.25) is 0 Å². The van der Waals surface area contributed by atoms with E-state index in [1.165, 1.54) is 31.2 Å². The van der Waals surface area contributed by atoms with Gasteiger partial charge < -0.3 is 15.5 Å². The van der Waals surface area contributed by atoms with Gasteiger partial charge in [0.15, 0.2) is 0 Å². The normalized spacial score (nSPS) is 11.8. The highest BCUT2D eigenvalue weighted by Gasteiger charge is 2.23. The molecule has 0 aliphatic rings. The van der Waals surface area contributed by atoms with E-state index in [9.17, 15) is 9.18 Å². The van der Waals surface area contributed by atoms with Gasteiger partial charge in [0.25, 0.3) is 0 Å². The van der Waals surface area contributed by atoms with Crippen LogP contribution in [-0.2, 0) is 4.79 Å².